The Balaban J connectivity index is 1.83. The first-order valence-electron chi connectivity index (χ1n) is 7.96. The van der Waals surface area contributed by atoms with Crippen LogP contribution in [0.25, 0.3) is 0 Å². The predicted octanol–water partition coefficient (Wildman–Crippen LogP) is 3.96. The van der Waals surface area contributed by atoms with Crippen molar-refractivity contribution in [2.45, 2.75) is 19.6 Å². The molecular weight excluding hydrogens is 308 g/mol. The Bertz CT molecular complexity index is 584. The van der Waals surface area contributed by atoms with Gasteiger partial charge in [0.1, 0.15) is 12.4 Å². The molecule has 1 N–H and O–H groups in total. The van der Waals surface area contributed by atoms with Gasteiger partial charge in [0.05, 0.1) is 0 Å². The molecule has 4 heteroatoms. The molecule has 23 heavy (non-hydrogen) atoms. The number of hydrogen-bond acceptors (Lipinski definition) is 3. The van der Waals surface area contributed by atoms with Gasteiger partial charge in [-0.25, -0.2) is 0 Å². The zero-order chi connectivity index (χ0) is 16.5. The van der Waals surface area contributed by atoms with E-state index in [0.717, 1.165) is 42.4 Å². The number of para-hydroxylation sites is 1. The van der Waals surface area contributed by atoms with Crippen molar-refractivity contribution in [1.82, 2.24) is 10.2 Å². The summed E-state index contributed by atoms with van der Waals surface area (Å²) in [6.07, 6.45) is 1.14. The van der Waals surface area contributed by atoms with Crippen LogP contribution in [0.3, 0.4) is 0 Å². The van der Waals surface area contributed by atoms with Crippen molar-refractivity contribution < 1.29 is 4.74 Å². The summed E-state index contributed by atoms with van der Waals surface area (Å²) in [4.78, 5) is 2.20. The summed E-state index contributed by atoms with van der Waals surface area (Å²) in [5.41, 5.74) is 2.30. The van der Waals surface area contributed by atoms with Gasteiger partial charge < -0.3 is 15.0 Å². The summed E-state index contributed by atoms with van der Waals surface area (Å²) in [7, 11) is 4.19. The Morgan fingerprint density at radius 3 is 2.52 bits per heavy atom. The summed E-state index contributed by atoms with van der Waals surface area (Å²) in [5, 5.41) is 4.23. The molecule has 2 aromatic rings. The van der Waals surface area contributed by atoms with E-state index in [1.807, 2.05) is 42.5 Å². The second kappa shape index (κ2) is 9.56. The maximum absolute atomic E-state index is 5.97. The third-order valence-electron chi connectivity index (χ3n) is 3.55. The highest BCUT2D eigenvalue weighted by molar-refractivity contribution is 6.30. The Morgan fingerprint density at radius 2 is 1.78 bits per heavy atom. The van der Waals surface area contributed by atoms with Gasteiger partial charge in [0, 0.05) is 17.1 Å². The average Bonchev–Trinajstić information content (AvgIpc) is 2.55. The lowest BCUT2D eigenvalue weighted by molar-refractivity contribution is 0.302. The molecule has 0 amide bonds. The minimum Gasteiger partial charge on any atom is -0.489 e. The molecule has 0 unspecified atom stereocenters. The maximum atomic E-state index is 5.97. The van der Waals surface area contributed by atoms with Crippen molar-refractivity contribution in [2.24, 2.45) is 0 Å². The monoisotopic (exact) mass is 332 g/mol. The molecule has 0 saturated heterocycles. The van der Waals surface area contributed by atoms with Crippen molar-refractivity contribution in [2.75, 3.05) is 27.2 Å². The Morgan fingerprint density at radius 1 is 1.04 bits per heavy atom. The van der Waals surface area contributed by atoms with Crippen molar-refractivity contribution in [3.05, 3.63) is 64.7 Å². The number of benzene rings is 2. The topological polar surface area (TPSA) is 24.5 Å². The number of nitrogens with one attached hydrogen (secondary N) is 1. The highest BCUT2D eigenvalue weighted by Gasteiger charge is 2.03. The Kier molecular flexibility index (Phi) is 7.40. The first-order valence-corrected chi connectivity index (χ1v) is 8.33. The van der Waals surface area contributed by atoms with E-state index in [9.17, 15) is 0 Å². The molecule has 0 bridgehead atoms. The standard InChI is InChI=1S/C19H25ClN2O/c1-22(2)13-5-12-21-14-17-6-3-4-7-19(17)23-15-16-8-10-18(20)11-9-16/h3-4,6-11,21H,5,12-15H2,1-2H3. The van der Waals surface area contributed by atoms with Gasteiger partial charge in [-0.05, 0) is 57.4 Å². The van der Waals surface area contributed by atoms with E-state index in [-0.39, 0.29) is 0 Å². The molecule has 0 radical (unpaired) electrons. The predicted molar refractivity (Wildman–Crippen MR) is 97.1 cm³/mol. The van der Waals surface area contributed by atoms with E-state index in [2.05, 4.69) is 30.4 Å². The molecule has 0 aliphatic rings. The minimum absolute atomic E-state index is 0.550. The summed E-state index contributed by atoms with van der Waals surface area (Å²) in [5.74, 6) is 0.933. The quantitative estimate of drug-likeness (QED) is 0.703. The average molecular weight is 333 g/mol. The lowest BCUT2D eigenvalue weighted by atomic mass is 10.2. The molecule has 0 fully saturated rings. The third kappa shape index (κ3) is 6.61. The number of ether oxygens (including phenoxy) is 1. The van der Waals surface area contributed by atoms with Gasteiger partial charge in [-0.2, -0.15) is 0 Å². The molecule has 124 valence electrons. The minimum atomic E-state index is 0.550. The van der Waals surface area contributed by atoms with Crippen molar-refractivity contribution >= 4 is 11.6 Å². The first kappa shape index (κ1) is 17.8. The first-order chi connectivity index (χ1) is 11.1. The molecular formula is C19H25ClN2O. The van der Waals surface area contributed by atoms with E-state index in [0.29, 0.717) is 6.61 Å². The van der Waals surface area contributed by atoms with Crippen LogP contribution in [0.2, 0.25) is 5.02 Å². The molecule has 2 rings (SSSR count). The van der Waals surface area contributed by atoms with E-state index in [4.69, 9.17) is 16.3 Å². The van der Waals surface area contributed by atoms with Crippen molar-refractivity contribution in [3.8, 4) is 5.75 Å². The van der Waals surface area contributed by atoms with Crippen LogP contribution >= 0.6 is 11.6 Å². The van der Waals surface area contributed by atoms with E-state index < -0.39 is 0 Å². The normalized spacial score (nSPS) is 11.0. The number of halogens is 1. The molecule has 0 spiro atoms. The lowest BCUT2D eigenvalue weighted by Crippen LogP contribution is -2.21. The van der Waals surface area contributed by atoms with Crippen LogP contribution in [0, 0.1) is 0 Å². The molecule has 0 aromatic heterocycles. The van der Waals surface area contributed by atoms with Crippen LogP contribution in [0.5, 0.6) is 5.75 Å². The molecule has 3 nitrogen and oxygen atoms in total. The molecule has 2 aromatic carbocycles. The van der Waals surface area contributed by atoms with Crippen molar-refractivity contribution in [1.29, 1.82) is 0 Å². The van der Waals surface area contributed by atoms with Crippen LogP contribution in [0.15, 0.2) is 48.5 Å². The van der Waals surface area contributed by atoms with Crippen LogP contribution < -0.4 is 10.1 Å². The maximum Gasteiger partial charge on any atom is 0.124 e. The second-order valence-corrected chi connectivity index (χ2v) is 6.29. The van der Waals surface area contributed by atoms with Gasteiger partial charge in [0.25, 0.3) is 0 Å². The highest BCUT2D eigenvalue weighted by atomic mass is 35.5. The molecule has 0 aliphatic carbocycles. The Labute approximate surface area is 144 Å². The zero-order valence-corrected chi connectivity index (χ0v) is 14.6. The van der Waals surface area contributed by atoms with E-state index in [1.54, 1.807) is 0 Å². The van der Waals surface area contributed by atoms with Gasteiger partial charge in [0.15, 0.2) is 0 Å². The van der Waals surface area contributed by atoms with Crippen LogP contribution in [-0.2, 0) is 13.2 Å². The fourth-order valence-corrected chi connectivity index (χ4v) is 2.40. The second-order valence-electron chi connectivity index (χ2n) is 5.86. The zero-order valence-electron chi connectivity index (χ0n) is 13.9. The third-order valence-corrected chi connectivity index (χ3v) is 3.81. The van der Waals surface area contributed by atoms with Gasteiger partial charge in [0.2, 0.25) is 0 Å². The fraction of sp³-hybridized carbons (Fsp3) is 0.368. The number of nitrogens with zero attached hydrogens (tertiary/aromatic N) is 1. The summed E-state index contributed by atoms with van der Waals surface area (Å²) in [6.45, 7) is 3.48. The molecule has 0 heterocycles. The number of hydrogen-bond donors (Lipinski definition) is 1. The van der Waals surface area contributed by atoms with Crippen LogP contribution in [-0.4, -0.2) is 32.1 Å². The molecule has 0 aliphatic heterocycles. The lowest BCUT2D eigenvalue weighted by Gasteiger charge is -2.13. The molecule has 0 atom stereocenters. The van der Waals surface area contributed by atoms with Gasteiger partial charge >= 0.3 is 0 Å². The van der Waals surface area contributed by atoms with Gasteiger partial charge in [-0.15, -0.1) is 0 Å². The smallest absolute Gasteiger partial charge is 0.124 e. The largest absolute Gasteiger partial charge is 0.489 e. The fourth-order valence-electron chi connectivity index (χ4n) is 2.28. The van der Waals surface area contributed by atoms with Crippen molar-refractivity contribution in [3.63, 3.8) is 0 Å². The number of rotatable bonds is 9. The van der Waals surface area contributed by atoms with E-state index >= 15 is 0 Å². The highest BCUT2D eigenvalue weighted by Crippen LogP contribution is 2.19. The van der Waals surface area contributed by atoms with E-state index in [1.165, 1.54) is 5.56 Å². The SMILES string of the molecule is CN(C)CCCNCc1ccccc1OCc1ccc(Cl)cc1. The van der Waals surface area contributed by atoms with Crippen LogP contribution in [0.4, 0.5) is 0 Å². The van der Waals surface area contributed by atoms with Gasteiger partial charge in [-0.3, -0.25) is 0 Å². The Hall–Kier alpha value is -1.55. The molecule has 0 saturated carbocycles. The van der Waals surface area contributed by atoms with Crippen LogP contribution in [0.1, 0.15) is 17.5 Å². The summed E-state index contributed by atoms with van der Waals surface area (Å²) in [6, 6.07) is 15.9. The van der Waals surface area contributed by atoms with Gasteiger partial charge in [-0.1, -0.05) is 41.9 Å². The summed E-state index contributed by atoms with van der Waals surface area (Å²) < 4.78 is 5.97. The summed E-state index contributed by atoms with van der Waals surface area (Å²) >= 11 is 5.90.